The third-order valence-corrected chi connectivity index (χ3v) is 14.5. The second-order valence-corrected chi connectivity index (χ2v) is 18.6. The van der Waals surface area contributed by atoms with Crippen LogP contribution in [0, 0.1) is 37.3 Å². The minimum Gasteiger partial charge on any atom is -0.477 e. The van der Waals surface area contributed by atoms with Crippen LogP contribution in [0.2, 0.25) is 0 Å². The molecule has 0 radical (unpaired) electrons. The highest BCUT2D eigenvalue weighted by atomic mass is 19.1. The molecular weight excluding hydrogens is 819 g/mol. The zero-order valence-electron chi connectivity index (χ0n) is 37.0. The third kappa shape index (κ3) is 7.87. The average molecular weight is 875 g/mol. The fourth-order valence-electron chi connectivity index (χ4n) is 11.2. The lowest BCUT2D eigenvalue weighted by Gasteiger charge is -2.48. The quantitative estimate of drug-likeness (QED) is 0.180. The summed E-state index contributed by atoms with van der Waals surface area (Å²) in [5.74, 6) is -1.83. The molecular formula is C48H56F2N10O4. The van der Waals surface area contributed by atoms with Gasteiger partial charge in [0.15, 0.2) is 0 Å². The molecule has 1 saturated carbocycles. The minimum absolute atomic E-state index is 0.0570. The molecule has 4 aliphatic heterocycles. The molecule has 14 nitrogen and oxygen atoms in total. The monoisotopic (exact) mass is 874 g/mol. The number of imidazole rings is 1. The maximum atomic E-state index is 15.4. The lowest BCUT2D eigenvalue weighted by atomic mass is 9.89. The Bertz CT molecular complexity index is 2630. The molecule has 64 heavy (non-hydrogen) atoms. The number of fused-ring (bicyclic) bond motifs is 9. The number of aryl methyl sites for hydroxylation is 3. The van der Waals surface area contributed by atoms with Gasteiger partial charge in [-0.3, -0.25) is 34.9 Å². The second-order valence-electron chi connectivity index (χ2n) is 18.6. The van der Waals surface area contributed by atoms with Crippen LogP contribution in [0.1, 0.15) is 91.5 Å². The van der Waals surface area contributed by atoms with Crippen molar-refractivity contribution in [1.82, 2.24) is 34.5 Å². The van der Waals surface area contributed by atoms with Gasteiger partial charge in [-0.05, 0) is 113 Å². The fourth-order valence-corrected chi connectivity index (χ4v) is 11.2. The van der Waals surface area contributed by atoms with Crippen molar-refractivity contribution in [3.63, 3.8) is 0 Å². The summed E-state index contributed by atoms with van der Waals surface area (Å²) in [7, 11) is 1.89. The number of halogens is 2. The highest BCUT2D eigenvalue weighted by Crippen LogP contribution is 2.39. The first-order valence-corrected chi connectivity index (χ1v) is 23.0. The topological polar surface area (TPSA) is 143 Å². The fraction of sp³-hybridized carbons (Fsp3) is 0.500. The van der Waals surface area contributed by atoms with Crippen LogP contribution in [0.3, 0.4) is 0 Å². The molecule has 5 aliphatic rings. The van der Waals surface area contributed by atoms with Crippen molar-refractivity contribution >= 4 is 46.1 Å². The van der Waals surface area contributed by atoms with Crippen LogP contribution in [0.4, 0.5) is 26.1 Å². The van der Waals surface area contributed by atoms with Crippen LogP contribution in [0.15, 0.2) is 42.5 Å². The average Bonchev–Trinajstić information content (AvgIpc) is 3.96. The molecule has 3 saturated heterocycles. The lowest BCUT2D eigenvalue weighted by molar-refractivity contribution is -0.134. The summed E-state index contributed by atoms with van der Waals surface area (Å²) in [6.07, 6.45) is 5.99. The Morgan fingerprint density at radius 1 is 0.828 bits per heavy atom. The van der Waals surface area contributed by atoms with Crippen molar-refractivity contribution in [2.75, 3.05) is 54.4 Å². The highest BCUT2D eigenvalue weighted by molar-refractivity contribution is 6.05. The van der Waals surface area contributed by atoms with E-state index in [0.717, 1.165) is 98.4 Å². The number of piperazine rings is 1. The van der Waals surface area contributed by atoms with E-state index >= 15 is 8.78 Å². The molecule has 10 rings (SSSR count). The Balaban J connectivity index is 0.854. The largest absolute Gasteiger partial charge is 0.477 e. The number of hydrogen-bond donors (Lipinski definition) is 2. The van der Waals surface area contributed by atoms with E-state index in [9.17, 15) is 14.4 Å². The summed E-state index contributed by atoms with van der Waals surface area (Å²) in [6.45, 7) is 11.3. The summed E-state index contributed by atoms with van der Waals surface area (Å²) in [5.41, 5.74) is 6.65. The summed E-state index contributed by atoms with van der Waals surface area (Å²) in [4.78, 5) is 55.1. The number of aromatic nitrogens is 5. The van der Waals surface area contributed by atoms with E-state index in [1.54, 1.807) is 10.7 Å². The van der Waals surface area contributed by atoms with Gasteiger partial charge in [-0.1, -0.05) is 6.92 Å². The molecule has 1 aliphatic carbocycles. The first-order valence-electron chi connectivity index (χ1n) is 23.0. The molecule has 336 valence electrons. The van der Waals surface area contributed by atoms with E-state index in [0.29, 0.717) is 72.4 Å². The molecule has 3 amide bonds. The first-order chi connectivity index (χ1) is 30.9. The van der Waals surface area contributed by atoms with Gasteiger partial charge in [0.25, 0.3) is 5.91 Å². The summed E-state index contributed by atoms with van der Waals surface area (Å²) in [6, 6.07) is 13.4. The Morgan fingerprint density at radius 3 is 2.38 bits per heavy atom. The van der Waals surface area contributed by atoms with Crippen LogP contribution < -0.4 is 25.2 Å². The van der Waals surface area contributed by atoms with Gasteiger partial charge in [-0.25, -0.2) is 18.4 Å². The van der Waals surface area contributed by atoms with E-state index in [2.05, 4.69) is 55.2 Å². The van der Waals surface area contributed by atoms with Crippen molar-refractivity contribution in [1.29, 1.82) is 0 Å². The lowest BCUT2D eigenvalue weighted by Crippen LogP contribution is -2.58. The summed E-state index contributed by atoms with van der Waals surface area (Å²) >= 11 is 0. The molecule has 16 heteroatoms. The molecule has 2 N–H and O–H groups in total. The number of anilines is 3. The van der Waals surface area contributed by atoms with Gasteiger partial charge in [0.05, 0.1) is 40.5 Å². The highest BCUT2D eigenvalue weighted by Gasteiger charge is 2.36. The van der Waals surface area contributed by atoms with E-state index in [-0.39, 0.29) is 24.3 Å². The van der Waals surface area contributed by atoms with E-state index in [1.165, 1.54) is 12.1 Å². The van der Waals surface area contributed by atoms with Crippen LogP contribution >= 0.6 is 0 Å². The number of rotatable bonds is 5. The minimum atomic E-state index is -1.01. The number of ether oxygens (including phenoxy) is 1. The van der Waals surface area contributed by atoms with Crippen LogP contribution in [-0.2, 0) is 23.2 Å². The van der Waals surface area contributed by atoms with Gasteiger partial charge >= 0.3 is 0 Å². The van der Waals surface area contributed by atoms with Gasteiger partial charge in [-0.2, -0.15) is 5.10 Å². The SMILES string of the molecule is CC[C@@H]1CN(c2ccc3nc4n(c3c2)C[C@@H]2CC[C@H](COc3c(c(C)nn3C)-c3cc(cc(C)n3)C(=O)N4)C2)CCN1C1CCN(c2cc(F)c([C@H]3CCC(=O)NC3=O)c(F)c2)CC1. The van der Waals surface area contributed by atoms with Crippen molar-refractivity contribution < 1.29 is 27.9 Å². The molecule has 4 bridgehead atoms. The molecule has 7 heterocycles. The van der Waals surface area contributed by atoms with E-state index < -0.39 is 29.4 Å². The number of benzene rings is 2. The molecule has 0 unspecified atom stereocenters. The Kier molecular flexibility index (Phi) is 11.1. The maximum absolute atomic E-state index is 15.4. The van der Waals surface area contributed by atoms with Gasteiger partial charge in [0, 0.05) is 93.0 Å². The van der Waals surface area contributed by atoms with Gasteiger partial charge in [0.1, 0.15) is 11.6 Å². The predicted molar refractivity (Wildman–Crippen MR) is 240 cm³/mol. The Labute approximate surface area is 371 Å². The van der Waals surface area contributed by atoms with Crippen molar-refractivity contribution in [2.24, 2.45) is 18.9 Å². The number of carbonyl (C=O) groups excluding carboxylic acids is 3. The number of piperidine rings is 2. The van der Waals surface area contributed by atoms with Crippen LogP contribution in [-0.4, -0.2) is 98.4 Å². The second kappa shape index (κ2) is 16.9. The first kappa shape index (κ1) is 42.1. The van der Waals surface area contributed by atoms with Crippen molar-refractivity contribution in [3.8, 4) is 17.1 Å². The maximum Gasteiger partial charge on any atom is 0.258 e. The molecule has 4 fully saturated rings. The number of pyridine rings is 1. The number of hydrogen-bond acceptors (Lipinski definition) is 10. The summed E-state index contributed by atoms with van der Waals surface area (Å²) in [5, 5.41) is 10.1. The Morgan fingerprint density at radius 2 is 1.61 bits per heavy atom. The number of amides is 3. The zero-order valence-corrected chi connectivity index (χ0v) is 37.0. The summed E-state index contributed by atoms with van der Waals surface area (Å²) < 4.78 is 41.3. The smallest absolute Gasteiger partial charge is 0.258 e. The zero-order chi connectivity index (χ0) is 44.4. The Hall–Kier alpha value is -5.90. The van der Waals surface area contributed by atoms with E-state index in [4.69, 9.17) is 14.7 Å². The molecule has 0 spiro atoms. The predicted octanol–water partition coefficient (Wildman–Crippen LogP) is 6.88. The van der Waals surface area contributed by atoms with Crippen LogP contribution in [0.5, 0.6) is 5.88 Å². The third-order valence-electron chi connectivity index (χ3n) is 14.5. The number of nitrogens with zero attached hydrogens (tertiary/aromatic N) is 8. The van der Waals surface area contributed by atoms with Gasteiger partial charge in [-0.15, -0.1) is 0 Å². The molecule has 4 atom stereocenters. The number of nitrogens with one attached hydrogen (secondary N) is 2. The standard InChI is InChI=1S/C48H56F2N10O4/c1-5-32-25-58(16-17-59(32)33-12-14-57(15-13-33)35-21-37(49)44(38(50)22-35)36-9-11-42(61)53-46(36)63)34-8-10-39-41(23-34)60-24-29-6-7-30(19-29)26-64-47-43(28(3)55-56(47)4)40-20-31(18-27(2)51-40)45(62)54-48(60)52-39/h8,10,18,20-23,29-30,32-33,36H,5-7,9,11-17,19,24-26H2,1-4H3,(H,52,54,62)(H,53,61,63)/t29-,30+,32-,36-/m1/s1. The van der Waals surface area contributed by atoms with Crippen LogP contribution in [0.25, 0.3) is 22.3 Å². The molecule has 3 aromatic heterocycles. The van der Waals surface area contributed by atoms with Gasteiger partial charge in [0.2, 0.25) is 23.6 Å². The van der Waals surface area contributed by atoms with Gasteiger partial charge < -0.3 is 19.1 Å². The van der Waals surface area contributed by atoms with Crippen molar-refractivity contribution in [2.45, 2.75) is 96.7 Å². The molecule has 2 aromatic carbocycles. The van der Waals surface area contributed by atoms with Crippen molar-refractivity contribution in [3.05, 3.63) is 76.6 Å². The van der Waals surface area contributed by atoms with E-state index in [1.807, 2.05) is 31.9 Å². The molecule has 5 aromatic rings. The number of imide groups is 1. The normalized spacial score (nSPS) is 23.6. The number of carbonyl (C=O) groups is 3.